The summed E-state index contributed by atoms with van der Waals surface area (Å²) in [5, 5.41) is 0. The molecular formula is C15H17NOS. The fourth-order valence-electron chi connectivity index (χ4n) is 1.73. The standard InChI is InChI=1S/C15H17NOS/c1-2-15(17)13-8-9-16(12-13)10-11-18-14-6-4-3-5-7-14/h3-9,12H,2,10-11H2,1H3. The highest BCUT2D eigenvalue weighted by Crippen LogP contribution is 2.17. The number of aryl methyl sites for hydroxylation is 1. The Balaban J connectivity index is 1.84. The number of nitrogens with zero attached hydrogens (tertiary/aromatic N) is 1. The van der Waals surface area contributed by atoms with E-state index in [2.05, 4.69) is 28.8 Å². The third-order valence-corrected chi connectivity index (χ3v) is 3.75. The number of hydrogen-bond donors (Lipinski definition) is 0. The van der Waals surface area contributed by atoms with Crippen LogP contribution >= 0.6 is 11.8 Å². The van der Waals surface area contributed by atoms with E-state index < -0.39 is 0 Å². The van der Waals surface area contributed by atoms with Gasteiger partial charge < -0.3 is 4.57 Å². The van der Waals surface area contributed by atoms with Crippen LogP contribution in [-0.4, -0.2) is 16.1 Å². The van der Waals surface area contributed by atoms with Crippen molar-refractivity contribution in [1.82, 2.24) is 4.57 Å². The van der Waals surface area contributed by atoms with Gasteiger partial charge in [-0.25, -0.2) is 0 Å². The second-order valence-electron chi connectivity index (χ2n) is 4.08. The van der Waals surface area contributed by atoms with E-state index in [9.17, 15) is 4.79 Å². The first-order valence-electron chi connectivity index (χ1n) is 6.16. The average molecular weight is 259 g/mol. The van der Waals surface area contributed by atoms with Crippen LogP contribution in [0.15, 0.2) is 53.7 Å². The lowest BCUT2D eigenvalue weighted by Gasteiger charge is -2.03. The Morgan fingerprint density at radius 3 is 2.72 bits per heavy atom. The summed E-state index contributed by atoms with van der Waals surface area (Å²) in [5.74, 6) is 1.22. The Labute approximate surface area is 112 Å². The van der Waals surface area contributed by atoms with Gasteiger partial charge in [-0.1, -0.05) is 25.1 Å². The first-order valence-corrected chi connectivity index (χ1v) is 7.15. The van der Waals surface area contributed by atoms with Gasteiger partial charge in [0.1, 0.15) is 0 Å². The van der Waals surface area contributed by atoms with Gasteiger partial charge in [0, 0.05) is 41.6 Å². The van der Waals surface area contributed by atoms with Crippen molar-refractivity contribution in [2.24, 2.45) is 0 Å². The van der Waals surface area contributed by atoms with Crippen molar-refractivity contribution >= 4 is 17.5 Å². The molecule has 0 saturated carbocycles. The highest BCUT2D eigenvalue weighted by atomic mass is 32.2. The third kappa shape index (κ3) is 3.50. The number of benzene rings is 1. The van der Waals surface area contributed by atoms with Gasteiger partial charge >= 0.3 is 0 Å². The molecule has 0 spiro atoms. The Morgan fingerprint density at radius 1 is 1.22 bits per heavy atom. The van der Waals surface area contributed by atoms with E-state index in [0.717, 1.165) is 17.9 Å². The molecule has 0 fully saturated rings. The molecule has 0 amide bonds. The maximum absolute atomic E-state index is 11.5. The van der Waals surface area contributed by atoms with Crippen molar-refractivity contribution in [1.29, 1.82) is 0 Å². The zero-order valence-corrected chi connectivity index (χ0v) is 11.3. The molecule has 0 atom stereocenters. The number of Topliss-reactive ketones (excluding diaryl/α,β-unsaturated/α-hetero) is 1. The quantitative estimate of drug-likeness (QED) is 0.580. The van der Waals surface area contributed by atoms with Gasteiger partial charge in [-0.05, 0) is 18.2 Å². The van der Waals surface area contributed by atoms with Crippen molar-refractivity contribution in [3.05, 3.63) is 54.4 Å². The van der Waals surface area contributed by atoms with Gasteiger partial charge in [-0.2, -0.15) is 0 Å². The minimum Gasteiger partial charge on any atom is -0.353 e. The van der Waals surface area contributed by atoms with Gasteiger partial charge in [0.25, 0.3) is 0 Å². The normalized spacial score (nSPS) is 10.5. The minimum atomic E-state index is 0.212. The number of rotatable bonds is 6. The van der Waals surface area contributed by atoms with Gasteiger partial charge in [0.15, 0.2) is 5.78 Å². The molecule has 1 heterocycles. The molecular weight excluding hydrogens is 242 g/mol. The molecule has 2 nitrogen and oxygen atoms in total. The molecule has 0 aliphatic carbocycles. The highest BCUT2D eigenvalue weighted by molar-refractivity contribution is 7.99. The van der Waals surface area contributed by atoms with Gasteiger partial charge in [0.05, 0.1) is 0 Å². The van der Waals surface area contributed by atoms with E-state index in [1.165, 1.54) is 4.90 Å². The monoisotopic (exact) mass is 259 g/mol. The summed E-state index contributed by atoms with van der Waals surface area (Å²) >= 11 is 1.83. The Hall–Kier alpha value is -1.48. The molecule has 3 heteroatoms. The van der Waals surface area contributed by atoms with Crippen LogP contribution in [-0.2, 0) is 6.54 Å². The second-order valence-corrected chi connectivity index (χ2v) is 5.24. The van der Waals surface area contributed by atoms with Gasteiger partial charge in [0.2, 0.25) is 0 Å². The summed E-state index contributed by atoms with van der Waals surface area (Å²) in [6, 6.07) is 12.3. The third-order valence-electron chi connectivity index (χ3n) is 2.75. The Kier molecular flexibility index (Phi) is 4.65. The summed E-state index contributed by atoms with van der Waals surface area (Å²) in [6.07, 6.45) is 4.49. The van der Waals surface area contributed by atoms with Crippen molar-refractivity contribution in [3.8, 4) is 0 Å². The first kappa shape index (κ1) is 13.0. The highest BCUT2D eigenvalue weighted by Gasteiger charge is 2.04. The predicted octanol–water partition coefficient (Wildman–Crippen LogP) is 3.87. The fourth-order valence-corrected chi connectivity index (χ4v) is 2.62. The SMILES string of the molecule is CCC(=O)c1ccn(CCSc2ccccc2)c1. The van der Waals surface area contributed by atoms with E-state index in [0.29, 0.717) is 6.42 Å². The summed E-state index contributed by atoms with van der Waals surface area (Å²) < 4.78 is 2.08. The van der Waals surface area contributed by atoms with Crippen molar-refractivity contribution in [2.75, 3.05) is 5.75 Å². The van der Waals surface area contributed by atoms with Crippen LogP contribution in [0.4, 0.5) is 0 Å². The molecule has 0 aliphatic heterocycles. The molecule has 0 N–H and O–H groups in total. The molecule has 0 unspecified atom stereocenters. The molecule has 18 heavy (non-hydrogen) atoms. The van der Waals surface area contributed by atoms with Crippen molar-refractivity contribution < 1.29 is 4.79 Å². The second kappa shape index (κ2) is 6.45. The molecule has 1 aromatic carbocycles. The molecule has 2 rings (SSSR count). The van der Waals surface area contributed by atoms with Crippen molar-refractivity contribution in [2.45, 2.75) is 24.8 Å². The number of hydrogen-bond acceptors (Lipinski definition) is 2. The number of carbonyl (C=O) groups excluding carboxylic acids is 1. The van der Waals surface area contributed by atoms with Crippen LogP contribution in [0.25, 0.3) is 0 Å². The maximum atomic E-state index is 11.5. The molecule has 0 aliphatic rings. The van der Waals surface area contributed by atoms with Crippen LogP contribution in [0.1, 0.15) is 23.7 Å². The molecule has 1 aromatic heterocycles. The van der Waals surface area contributed by atoms with Crippen LogP contribution in [0.2, 0.25) is 0 Å². The zero-order chi connectivity index (χ0) is 12.8. The van der Waals surface area contributed by atoms with Crippen molar-refractivity contribution in [3.63, 3.8) is 0 Å². The van der Waals surface area contributed by atoms with E-state index in [1.54, 1.807) is 0 Å². The van der Waals surface area contributed by atoms with E-state index in [4.69, 9.17) is 0 Å². The van der Waals surface area contributed by atoms with E-state index in [1.807, 2.05) is 43.2 Å². The summed E-state index contributed by atoms with van der Waals surface area (Å²) in [5.41, 5.74) is 0.821. The molecule has 94 valence electrons. The number of carbonyl (C=O) groups is 1. The summed E-state index contributed by atoms with van der Waals surface area (Å²) in [4.78, 5) is 12.8. The topological polar surface area (TPSA) is 22.0 Å². The number of thioether (sulfide) groups is 1. The molecule has 0 saturated heterocycles. The molecule has 0 radical (unpaired) electrons. The van der Waals surface area contributed by atoms with Gasteiger partial charge in [-0.3, -0.25) is 4.79 Å². The summed E-state index contributed by atoms with van der Waals surface area (Å²) in [6.45, 7) is 2.82. The van der Waals surface area contributed by atoms with Gasteiger partial charge in [-0.15, -0.1) is 11.8 Å². The lowest BCUT2D eigenvalue weighted by molar-refractivity contribution is 0.0988. The van der Waals surface area contributed by atoms with Crippen LogP contribution in [0.5, 0.6) is 0 Å². The van der Waals surface area contributed by atoms with Crippen LogP contribution < -0.4 is 0 Å². The number of aromatic nitrogens is 1. The number of ketones is 1. The molecule has 0 bridgehead atoms. The average Bonchev–Trinajstić information content (AvgIpc) is 2.88. The largest absolute Gasteiger partial charge is 0.353 e. The van der Waals surface area contributed by atoms with Crippen LogP contribution in [0, 0.1) is 0 Å². The smallest absolute Gasteiger partial charge is 0.164 e. The minimum absolute atomic E-state index is 0.212. The Morgan fingerprint density at radius 2 is 2.00 bits per heavy atom. The lowest BCUT2D eigenvalue weighted by Crippen LogP contribution is -1.98. The fraction of sp³-hybridized carbons (Fsp3) is 0.267. The van der Waals surface area contributed by atoms with Crippen LogP contribution in [0.3, 0.4) is 0 Å². The zero-order valence-electron chi connectivity index (χ0n) is 10.5. The summed E-state index contributed by atoms with van der Waals surface area (Å²) in [7, 11) is 0. The van der Waals surface area contributed by atoms with E-state index in [-0.39, 0.29) is 5.78 Å². The predicted molar refractivity (Wildman–Crippen MR) is 76.2 cm³/mol. The van der Waals surface area contributed by atoms with E-state index >= 15 is 0 Å². The molecule has 2 aromatic rings. The Bertz CT molecular complexity index is 504. The lowest BCUT2D eigenvalue weighted by atomic mass is 10.2. The first-order chi connectivity index (χ1) is 8.79. The maximum Gasteiger partial charge on any atom is 0.164 e.